The molecule has 4 rings (SSSR count). The van der Waals surface area contributed by atoms with Gasteiger partial charge in [0.1, 0.15) is 12.0 Å². The van der Waals surface area contributed by atoms with Crippen LogP contribution >= 0.6 is 11.6 Å². The lowest BCUT2D eigenvalue weighted by atomic mass is 10.2. The molecule has 142 valence electrons. The normalized spacial score (nSPS) is 11.8. The highest BCUT2D eigenvalue weighted by molar-refractivity contribution is 6.30. The number of hydrogen-bond acceptors (Lipinski definition) is 8. The number of amides is 1. The molecule has 10 heteroatoms. The summed E-state index contributed by atoms with van der Waals surface area (Å²) < 4.78 is 10.6. The Morgan fingerprint density at radius 1 is 1.07 bits per heavy atom. The largest absolute Gasteiger partial charge is 0.454 e. The number of fused-ring (bicyclic) bond motifs is 1. The lowest BCUT2D eigenvalue weighted by molar-refractivity contribution is 0.0962. The van der Waals surface area contributed by atoms with Crippen LogP contribution in [0.4, 0.5) is 23.0 Å². The van der Waals surface area contributed by atoms with Crippen molar-refractivity contribution in [2.45, 2.75) is 0 Å². The Morgan fingerprint density at radius 3 is 2.75 bits per heavy atom. The summed E-state index contributed by atoms with van der Waals surface area (Å²) in [5.74, 6) is 1.53. The summed E-state index contributed by atoms with van der Waals surface area (Å²) in [6.07, 6.45) is 1.32. The molecule has 0 atom stereocenters. The molecule has 0 spiro atoms. The first kappa shape index (κ1) is 17.7. The quantitative estimate of drug-likeness (QED) is 0.484. The van der Waals surface area contributed by atoms with Gasteiger partial charge in [0.15, 0.2) is 23.1 Å². The Hall–Kier alpha value is -3.72. The van der Waals surface area contributed by atoms with E-state index in [9.17, 15) is 4.79 Å². The third kappa shape index (κ3) is 3.69. The van der Waals surface area contributed by atoms with Crippen molar-refractivity contribution in [1.82, 2.24) is 15.4 Å². The topological polar surface area (TPSA) is 123 Å². The number of nitrogens with two attached hydrogens (primary N) is 1. The number of ether oxygens (including phenoxy) is 2. The van der Waals surface area contributed by atoms with E-state index in [1.165, 1.54) is 6.33 Å². The zero-order chi connectivity index (χ0) is 19.5. The number of halogens is 1. The SMILES string of the molecule is Nc1c(NNC(=O)c2cccc(Cl)c2)ncnc1Nc1ccc2c(c1)OCO2. The Morgan fingerprint density at radius 2 is 1.89 bits per heavy atom. The van der Waals surface area contributed by atoms with Gasteiger partial charge >= 0.3 is 0 Å². The van der Waals surface area contributed by atoms with Crippen LogP contribution in [0.25, 0.3) is 0 Å². The first-order valence-electron chi connectivity index (χ1n) is 8.19. The summed E-state index contributed by atoms with van der Waals surface area (Å²) in [4.78, 5) is 20.4. The zero-order valence-corrected chi connectivity index (χ0v) is 15.2. The lowest BCUT2D eigenvalue weighted by Gasteiger charge is -2.13. The molecule has 0 saturated heterocycles. The minimum Gasteiger partial charge on any atom is -0.454 e. The van der Waals surface area contributed by atoms with E-state index in [0.29, 0.717) is 33.6 Å². The fourth-order valence-electron chi connectivity index (χ4n) is 2.52. The predicted octanol–water partition coefficient (Wildman–Crippen LogP) is 2.94. The number of carbonyl (C=O) groups is 1. The standard InChI is InChI=1S/C18H15ClN6O3/c19-11-3-1-2-10(6-11)18(26)25-24-17-15(20)16(21-8-22-17)23-12-4-5-13-14(7-12)28-9-27-13/h1-8H,9,20H2,(H,25,26)(H2,21,22,23,24). The first-order valence-corrected chi connectivity index (χ1v) is 8.57. The van der Waals surface area contributed by atoms with Crippen LogP contribution < -0.4 is 31.4 Å². The number of nitrogen functional groups attached to an aromatic ring is 1. The van der Waals surface area contributed by atoms with Gasteiger partial charge in [-0.15, -0.1) is 0 Å². The summed E-state index contributed by atoms with van der Waals surface area (Å²) >= 11 is 5.90. The van der Waals surface area contributed by atoms with Crippen molar-refractivity contribution < 1.29 is 14.3 Å². The number of nitrogens with one attached hydrogen (secondary N) is 3. The predicted molar refractivity (Wildman–Crippen MR) is 105 cm³/mol. The molecule has 0 bridgehead atoms. The number of aromatic nitrogens is 2. The molecule has 28 heavy (non-hydrogen) atoms. The van der Waals surface area contributed by atoms with Crippen molar-refractivity contribution in [2.24, 2.45) is 0 Å². The van der Waals surface area contributed by atoms with E-state index in [4.69, 9.17) is 26.8 Å². The minimum absolute atomic E-state index is 0.189. The monoisotopic (exact) mass is 398 g/mol. The van der Waals surface area contributed by atoms with Gasteiger partial charge in [0.25, 0.3) is 5.91 Å². The highest BCUT2D eigenvalue weighted by atomic mass is 35.5. The molecule has 1 aliphatic heterocycles. The second-order valence-corrected chi connectivity index (χ2v) is 6.20. The van der Waals surface area contributed by atoms with E-state index in [1.54, 1.807) is 36.4 Å². The van der Waals surface area contributed by atoms with E-state index in [0.717, 1.165) is 0 Å². The average molecular weight is 399 g/mol. The van der Waals surface area contributed by atoms with Crippen molar-refractivity contribution in [3.8, 4) is 11.5 Å². The van der Waals surface area contributed by atoms with Crippen LogP contribution in [0.5, 0.6) is 11.5 Å². The van der Waals surface area contributed by atoms with Crippen molar-refractivity contribution in [2.75, 3.05) is 23.3 Å². The van der Waals surface area contributed by atoms with E-state index in [2.05, 4.69) is 26.1 Å². The molecule has 9 nitrogen and oxygen atoms in total. The van der Waals surface area contributed by atoms with Gasteiger partial charge in [-0.05, 0) is 30.3 Å². The van der Waals surface area contributed by atoms with Gasteiger partial charge in [-0.1, -0.05) is 17.7 Å². The third-order valence-electron chi connectivity index (χ3n) is 3.90. The van der Waals surface area contributed by atoms with Crippen LogP contribution in [0.2, 0.25) is 5.02 Å². The van der Waals surface area contributed by atoms with Crippen LogP contribution in [0, 0.1) is 0 Å². The van der Waals surface area contributed by atoms with Crippen LogP contribution in [-0.4, -0.2) is 22.7 Å². The summed E-state index contributed by atoms with van der Waals surface area (Å²) in [6, 6.07) is 11.9. The molecule has 0 saturated carbocycles. The fourth-order valence-corrected chi connectivity index (χ4v) is 2.71. The molecular formula is C18H15ClN6O3. The van der Waals surface area contributed by atoms with Gasteiger partial charge in [0.05, 0.1) is 0 Å². The maximum Gasteiger partial charge on any atom is 0.269 e. The number of hydrazine groups is 1. The Balaban J connectivity index is 1.47. The Bertz CT molecular complexity index is 1050. The lowest BCUT2D eigenvalue weighted by Crippen LogP contribution is -2.30. The molecule has 0 radical (unpaired) electrons. The van der Waals surface area contributed by atoms with Gasteiger partial charge in [-0.2, -0.15) is 0 Å². The third-order valence-corrected chi connectivity index (χ3v) is 4.14. The van der Waals surface area contributed by atoms with Crippen molar-refractivity contribution in [3.63, 3.8) is 0 Å². The molecule has 0 aliphatic carbocycles. The Kier molecular flexibility index (Phi) is 4.73. The van der Waals surface area contributed by atoms with Gasteiger partial charge in [-0.25, -0.2) is 9.97 Å². The zero-order valence-electron chi connectivity index (χ0n) is 14.4. The molecule has 1 aromatic heterocycles. The summed E-state index contributed by atoms with van der Waals surface area (Å²) in [5.41, 5.74) is 12.7. The van der Waals surface area contributed by atoms with Gasteiger partial charge in [0.2, 0.25) is 6.79 Å². The van der Waals surface area contributed by atoms with Crippen LogP contribution in [0.1, 0.15) is 10.4 Å². The van der Waals surface area contributed by atoms with E-state index in [-0.39, 0.29) is 24.2 Å². The first-order chi connectivity index (χ1) is 13.6. The highest BCUT2D eigenvalue weighted by Gasteiger charge is 2.15. The van der Waals surface area contributed by atoms with Crippen LogP contribution in [0.15, 0.2) is 48.8 Å². The van der Waals surface area contributed by atoms with Gasteiger partial charge < -0.3 is 20.5 Å². The van der Waals surface area contributed by atoms with Crippen molar-refractivity contribution in [1.29, 1.82) is 0 Å². The molecule has 1 aliphatic rings. The van der Waals surface area contributed by atoms with Gasteiger partial charge in [0, 0.05) is 22.3 Å². The molecule has 0 unspecified atom stereocenters. The van der Waals surface area contributed by atoms with Gasteiger partial charge in [-0.3, -0.25) is 15.6 Å². The number of nitrogens with zero attached hydrogens (tertiary/aromatic N) is 2. The molecule has 2 aromatic carbocycles. The van der Waals surface area contributed by atoms with Crippen LogP contribution in [-0.2, 0) is 0 Å². The maximum atomic E-state index is 12.2. The van der Waals surface area contributed by atoms with Crippen LogP contribution in [0.3, 0.4) is 0 Å². The number of anilines is 4. The second kappa shape index (κ2) is 7.49. The molecule has 0 fully saturated rings. The van der Waals surface area contributed by atoms with Crippen molar-refractivity contribution in [3.05, 3.63) is 59.4 Å². The smallest absolute Gasteiger partial charge is 0.269 e. The highest BCUT2D eigenvalue weighted by Crippen LogP contribution is 2.35. The minimum atomic E-state index is -0.384. The second-order valence-electron chi connectivity index (χ2n) is 5.77. The number of hydrogen-bond donors (Lipinski definition) is 4. The van der Waals surface area contributed by atoms with E-state index >= 15 is 0 Å². The molecular weight excluding hydrogens is 384 g/mol. The maximum absolute atomic E-state index is 12.2. The molecule has 2 heterocycles. The Labute approximate surface area is 164 Å². The van der Waals surface area contributed by atoms with E-state index < -0.39 is 0 Å². The molecule has 1 amide bonds. The summed E-state index contributed by atoms with van der Waals surface area (Å²) in [7, 11) is 0. The van der Waals surface area contributed by atoms with Crippen molar-refractivity contribution >= 4 is 40.5 Å². The number of benzene rings is 2. The summed E-state index contributed by atoms with van der Waals surface area (Å²) in [5, 5.41) is 3.55. The van der Waals surface area contributed by atoms with E-state index in [1.807, 2.05) is 6.07 Å². The average Bonchev–Trinajstić information content (AvgIpc) is 3.16. The number of carbonyl (C=O) groups excluding carboxylic acids is 1. The fraction of sp³-hybridized carbons (Fsp3) is 0.0556. The summed E-state index contributed by atoms with van der Waals surface area (Å²) in [6.45, 7) is 0.189. The molecule has 3 aromatic rings. The number of rotatable bonds is 5. The molecule has 5 N–H and O–H groups in total.